The third-order valence-electron chi connectivity index (χ3n) is 4.44. The minimum atomic E-state index is -1.42. The van der Waals surface area contributed by atoms with Gasteiger partial charge >= 0.3 is 5.97 Å². The molecule has 2 aliphatic rings. The van der Waals surface area contributed by atoms with Gasteiger partial charge in [0, 0.05) is 6.54 Å². The molecule has 3 rings (SSSR count). The number of carbonyl (C=O) groups is 1. The highest BCUT2D eigenvalue weighted by Gasteiger charge is 2.45. The van der Waals surface area contributed by atoms with Crippen molar-refractivity contribution in [2.45, 2.75) is 36.7 Å². The maximum Gasteiger partial charge on any atom is 0.337 e. The minimum Gasteiger partial charge on any atom is -0.465 e. The van der Waals surface area contributed by atoms with Gasteiger partial charge in [0.05, 0.1) is 31.9 Å². The molecule has 1 aromatic rings. The van der Waals surface area contributed by atoms with Crippen molar-refractivity contribution in [2.24, 2.45) is 0 Å². The topological polar surface area (TPSA) is 127 Å². The quantitative estimate of drug-likeness (QED) is 0.450. The molecule has 0 amide bonds. The fourth-order valence-corrected chi connectivity index (χ4v) is 2.74. The molecule has 5 atom stereocenters. The zero-order valence-electron chi connectivity index (χ0n) is 14.3. The van der Waals surface area contributed by atoms with Crippen LogP contribution in [0.15, 0.2) is 24.3 Å². The molecule has 2 heterocycles. The van der Waals surface area contributed by atoms with Gasteiger partial charge in [0.2, 0.25) is 6.29 Å². The van der Waals surface area contributed by atoms with E-state index < -0.39 is 36.7 Å². The molecule has 0 unspecified atom stereocenters. The molecule has 9 heteroatoms. The highest BCUT2D eigenvalue weighted by molar-refractivity contribution is 5.89. The Hall–Kier alpha value is -1.75. The Morgan fingerprint density at radius 1 is 1.15 bits per heavy atom. The summed E-state index contributed by atoms with van der Waals surface area (Å²) >= 11 is 0. The van der Waals surface area contributed by atoms with Crippen molar-refractivity contribution in [1.29, 1.82) is 0 Å². The molecule has 0 bridgehead atoms. The van der Waals surface area contributed by atoms with Crippen molar-refractivity contribution < 1.29 is 39.1 Å². The van der Waals surface area contributed by atoms with Gasteiger partial charge < -0.3 is 39.6 Å². The van der Waals surface area contributed by atoms with E-state index in [1.165, 1.54) is 31.4 Å². The largest absolute Gasteiger partial charge is 0.465 e. The normalized spacial score (nSPS) is 31.9. The predicted octanol–water partition coefficient (Wildman–Crippen LogP) is -1.35. The van der Waals surface area contributed by atoms with Gasteiger partial charge in [-0.25, -0.2) is 4.79 Å². The van der Waals surface area contributed by atoms with Gasteiger partial charge in [-0.1, -0.05) is 0 Å². The van der Waals surface area contributed by atoms with E-state index in [9.17, 15) is 20.1 Å². The van der Waals surface area contributed by atoms with E-state index in [0.717, 1.165) is 0 Å². The Kier molecular flexibility index (Phi) is 6.07. The van der Waals surface area contributed by atoms with Crippen LogP contribution < -0.4 is 10.1 Å². The third-order valence-corrected chi connectivity index (χ3v) is 4.44. The molecular formula is C17H23NO8. The van der Waals surface area contributed by atoms with Crippen LogP contribution in [0.3, 0.4) is 0 Å². The van der Waals surface area contributed by atoms with Crippen LogP contribution in [0.25, 0.3) is 0 Å². The lowest BCUT2D eigenvalue weighted by Crippen LogP contribution is -2.62. The molecule has 2 aliphatic heterocycles. The summed E-state index contributed by atoms with van der Waals surface area (Å²) in [5.74, 6) is -0.139. The maximum absolute atomic E-state index is 11.4. The van der Waals surface area contributed by atoms with Crippen molar-refractivity contribution in [1.82, 2.24) is 5.32 Å². The molecule has 2 fully saturated rings. The summed E-state index contributed by atoms with van der Waals surface area (Å²) in [5, 5.41) is 33.5. The lowest BCUT2D eigenvalue weighted by molar-refractivity contribution is -0.271. The monoisotopic (exact) mass is 369 g/mol. The van der Waals surface area contributed by atoms with Gasteiger partial charge in [-0.15, -0.1) is 0 Å². The number of ether oxygens (including phenoxy) is 4. The number of aliphatic hydroxyl groups excluding tert-OH is 3. The summed E-state index contributed by atoms with van der Waals surface area (Å²) in [6.45, 7) is 1.45. The number of esters is 1. The minimum absolute atomic E-state index is 0.181. The summed E-state index contributed by atoms with van der Waals surface area (Å²) in [6, 6.07) is 6.26. The molecule has 0 aromatic heterocycles. The van der Waals surface area contributed by atoms with Crippen LogP contribution in [0.5, 0.6) is 5.75 Å². The zero-order valence-corrected chi connectivity index (χ0v) is 14.3. The van der Waals surface area contributed by atoms with E-state index in [-0.39, 0.29) is 12.6 Å². The molecule has 0 radical (unpaired) electrons. The number of nitrogens with one attached hydrogen (secondary N) is 1. The van der Waals surface area contributed by atoms with Crippen LogP contribution in [0.4, 0.5) is 0 Å². The molecule has 9 nitrogen and oxygen atoms in total. The summed E-state index contributed by atoms with van der Waals surface area (Å²) in [5.41, 5.74) is 0.352. The first-order chi connectivity index (χ1) is 12.5. The number of hydrogen-bond donors (Lipinski definition) is 4. The SMILES string of the molecule is COC(=O)c1ccc(O[C@H]2O[C@H](CNC3COC3)[C@@H](O)[C@H](O)[C@@H]2O)cc1. The van der Waals surface area contributed by atoms with Crippen LogP contribution in [-0.2, 0) is 14.2 Å². The fourth-order valence-electron chi connectivity index (χ4n) is 2.74. The Morgan fingerprint density at radius 2 is 1.85 bits per heavy atom. The second-order valence-electron chi connectivity index (χ2n) is 6.29. The molecule has 0 spiro atoms. The number of rotatable bonds is 6. The Labute approximate surface area is 150 Å². The van der Waals surface area contributed by atoms with Gasteiger partial charge in [0.1, 0.15) is 30.2 Å². The molecule has 26 heavy (non-hydrogen) atoms. The van der Waals surface area contributed by atoms with Crippen LogP contribution in [0, 0.1) is 0 Å². The van der Waals surface area contributed by atoms with E-state index in [4.69, 9.17) is 14.2 Å². The molecule has 0 aliphatic carbocycles. The van der Waals surface area contributed by atoms with E-state index >= 15 is 0 Å². The molecule has 1 aromatic carbocycles. The Morgan fingerprint density at radius 3 is 2.42 bits per heavy atom. The van der Waals surface area contributed by atoms with E-state index in [0.29, 0.717) is 24.5 Å². The van der Waals surface area contributed by atoms with Crippen LogP contribution in [-0.4, -0.2) is 84.9 Å². The van der Waals surface area contributed by atoms with Crippen molar-refractivity contribution in [3.63, 3.8) is 0 Å². The zero-order chi connectivity index (χ0) is 18.7. The first-order valence-corrected chi connectivity index (χ1v) is 8.35. The van der Waals surface area contributed by atoms with Gasteiger partial charge in [-0.2, -0.15) is 0 Å². The predicted molar refractivity (Wildman–Crippen MR) is 87.7 cm³/mol. The molecule has 144 valence electrons. The number of carbonyl (C=O) groups excluding carboxylic acids is 1. The van der Waals surface area contributed by atoms with Crippen molar-refractivity contribution in [3.05, 3.63) is 29.8 Å². The second kappa shape index (κ2) is 8.30. The van der Waals surface area contributed by atoms with Gasteiger partial charge in [-0.05, 0) is 24.3 Å². The van der Waals surface area contributed by atoms with Gasteiger partial charge in [0.15, 0.2) is 0 Å². The van der Waals surface area contributed by atoms with Crippen molar-refractivity contribution >= 4 is 5.97 Å². The number of methoxy groups -OCH3 is 1. The number of hydrogen-bond acceptors (Lipinski definition) is 9. The second-order valence-corrected chi connectivity index (χ2v) is 6.29. The molecule has 2 saturated heterocycles. The molecular weight excluding hydrogens is 346 g/mol. The van der Waals surface area contributed by atoms with E-state index in [2.05, 4.69) is 10.1 Å². The number of benzene rings is 1. The maximum atomic E-state index is 11.4. The van der Waals surface area contributed by atoms with Crippen molar-refractivity contribution in [2.75, 3.05) is 26.9 Å². The molecule has 4 N–H and O–H groups in total. The summed E-state index contributed by atoms with van der Waals surface area (Å²) in [6.07, 6.45) is -6.00. The van der Waals surface area contributed by atoms with E-state index in [1.807, 2.05) is 0 Å². The first kappa shape index (κ1) is 19.0. The summed E-state index contributed by atoms with van der Waals surface area (Å²) in [4.78, 5) is 11.4. The lowest BCUT2D eigenvalue weighted by Gasteiger charge is -2.41. The lowest BCUT2D eigenvalue weighted by atomic mass is 9.98. The Bertz CT molecular complexity index is 605. The summed E-state index contributed by atoms with van der Waals surface area (Å²) < 4.78 is 20.9. The highest BCUT2D eigenvalue weighted by Crippen LogP contribution is 2.24. The van der Waals surface area contributed by atoms with Gasteiger partial charge in [-0.3, -0.25) is 0 Å². The van der Waals surface area contributed by atoms with E-state index in [1.54, 1.807) is 0 Å². The number of aliphatic hydroxyl groups is 3. The van der Waals surface area contributed by atoms with Crippen molar-refractivity contribution in [3.8, 4) is 5.75 Å². The standard InChI is InChI=1S/C17H23NO8/c1-23-16(22)9-2-4-11(5-3-9)25-17-15(21)14(20)13(19)12(26-17)6-18-10-7-24-8-10/h2-5,10,12-15,17-21H,6-8H2,1H3/t12-,13-,14+,15+,17+/m1/s1. The average Bonchev–Trinajstić information content (AvgIpc) is 2.62. The Balaban J connectivity index is 1.62. The van der Waals surface area contributed by atoms with Crippen LogP contribution in [0.1, 0.15) is 10.4 Å². The highest BCUT2D eigenvalue weighted by atomic mass is 16.7. The average molecular weight is 369 g/mol. The van der Waals surface area contributed by atoms with Crippen LogP contribution >= 0.6 is 0 Å². The third kappa shape index (κ3) is 4.14. The smallest absolute Gasteiger partial charge is 0.337 e. The van der Waals surface area contributed by atoms with Gasteiger partial charge in [0.25, 0.3) is 0 Å². The summed E-state index contributed by atoms with van der Waals surface area (Å²) in [7, 11) is 1.29. The van der Waals surface area contributed by atoms with Crippen LogP contribution in [0.2, 0.25) is 0 Å². The first-order valence-electron chi connectivity index (χ1n) is 8.35. The fraction of sp³-hybridized carbons (Fsp3) is 0.588. The molecule has 0 saturated carbocycles.